The standard InChI is InChI=1S/C13H16ClN5O/c1-7(10-6-19(3)18-8(10)2)17-13-11(14)4-9(5-16-13)12(15)20/h4-7H,1-3H3,(H2,15,20)(H,16,17)/t7-/m1/s1. The molecule has 1 atom stereocenters. The molecule has 0 saturated heterocycles. The molecule has 0 aromatic carbocycles. The Bertz CT molecular complexity index is 652. The summed E-state index contributed by atoms with van der Waals surface area (Å²) < 4.78 is 1.76. The van der Waals surface area contributed by atoms with Crippen LogP contribution in [0.1, 0.15) is 34.6 Å². The van der Waals surface area contributed by atoms with Gasteiger partial charge in [-0.15, -0.1) is 0 Å². The van der Waals surface area contributed by atoms with Gasteiger partial charge in [-0.25, -0.2) is 4.98 Å². The van der Waals surface area contributed by atoms with Gasteiger partial charge in [0.05, 0.1) is 22.3 Å². The summed E-state index contributed by atoms with van der Waals surface area (Å²) in [5, 5.41) is 7.85. The van der Waals surface area contributed by atoms with Gasteiger partial charge in [-0.05, 0) is 19.9 Å². The summed E-state index contributed by atoms with van der Waals surface area (Å²) in [5.41, 5.74) is 7.46. The highest BCUT2D eigenvalue weighted by Gasteiger charge is 2.14. The van der Waals surface area contributed by atoms with Crippen molar-refractivity contribution in [3.63, 3.8) is 0 Å². The zero-order valence-corrected chi connectivity index (χ0v) is 12.3. The Morgan fingerprint density at radius 1 is 1.55 bits per heavy atom. The SMILES string of the molecule is Cc1nn(C)cc1[C@@H](C)Nc1ncc(C(N)=O)cc1Cl. The molecule has 0 saturated carbocycles. The Morgan fingerprint density at radius 2 is 2.25 bits per heavy atom. The quantitative estimate of drug-likeness (QED) is 0.903. The van der Waals surface area contributed by atoms with Crippen molar-refractivity contribution in [2.24, 2.45) is 12.8 Å². The molecular weight excluding hydrogens is 278 g/mol. The van der Waals surface area contributed by atoms with Crippen LogP contribution in [-0.2, 0) is 7.05 Å². The smallest absolute Gasteiger partial charge is 0.250 e. The van der Waals surface area contributed by atoms with Gasteiger partial charge >= 0.3 is 0 Å². The Hall–Kier alpha value is -2.08. The summed E-state index contributed by atoms with van der Waals surface area (Å²) in [6.07, 6.45) is 3.35. The number of pyridine rings is 1. The molecule has 0 aliphatic carbocycles. The molecule has 20 heavy (non-hydrogen) atoms. The second-order valence-corrected chi connectivity index (χ2v) is 5.04. The third kappa shape index (κ3) is 2.91. The lowest BCUT2D eigenvalue weighted by Gasteiger charge is -2.15. The van der Waals surface area contributed by atoms with E-state index in [4.69, 9.17) is 17.3 Å². The first-order chi connectivity index (χ1) is 9.38. The molecule has 0 radical (unpaired) electrons. The van der Waals surface area contributed by atoms with Crippen LogP contribution in [-0.4, -0.2) is 20.7 Å². The molecule has 2 aromatic rings. The van der Waals surface area contributed by atoms with Gasteiger partial charge in [-0.3, -0.25) is 9.48 Å². The zero-order valence-electron chi connectivity index (χ0n) is 11.5. The molecule has 0 aliphatic rings. The summed E-state index contributed by atoms with van der Waals surface area (Å²) in [7, 11) is 1.87. The molecule has 0 bridgehead atoms. The van der Waals surface area contributed by atoms with E-state index < -0.39 is 5.91 Å². The van der Waals surface area contributed by atoms with Crippen molar-refractivity contribution in [3.05, 3.63) is 40.3 Å². The van der Waals surface area contributed by atoms with E-state index in [0.29, 0.717) is 10.8 Å². The van der Waals surface area contributed by atoms with E-state index >= 15 is 0 Å². The molecule has 2 heterocycles. The van der Waals surface area contributed by atoms with Gasteiger partial charge in [-0.2, -0.15) is 5.10 Å². The maximum absolute atomic E-state index is 11.0. The van der Waals surface area contributed by atoms with Crippen LogP contribution in [0.2, 0.25) is 5.02 Å². The van der Waals surface area contributed by atoms with Crippen LogP contribution in [0.4, 0.5) is 5.82 Å². The predicted octanol–water partition coefficient (Wildman–Crippen LogP) is 2.05. The Labute approximate surface area is 121 Å². The number of amides is 1. The fraction of sp³-hybridized carbons (Fsp3) is 0.308. The average Bonchev–Trinajstić information content (AvgIpc) is 2.70. The number of halogens is 1. The third-order valence-corrected chi connectivity index (χ3v) is 3.28. The lowest BCUT2D eigenvalue weighted by atomic mass is 10.1. The van der Waals surface area contributed by atoms with Crippen molar-refractivity contribution < 1.29 is 4.79 Å². The highest BCUT2D eigenvalue weighted by atomic mass is 35.5. The van der Waals surface area contributed by atoms with Crippen LogP contribution in [0.3, 0.4) is 0 Å². The predicted molar refractivity (Wildman–Crippen MR) is 77.7 cm³/mol. The summed E-state index contributed by atoms with van der Waals surface area (Å²) in [5.74, 6) is -0.0467. The van der Waals surface area contributed by atoms with Gasteiger partial charge in [0.1, 0.15) is 5.82 Å². The maximum Gasteiger partial charge on any atom is 0.250 e. The van der Waals surface area contributed by atoms with E-state index in [1.807, 2.05) is 27.1 Å². The number of primary amides is 1. The van der Waals surface area contributed by atoms with E-state index in [0.717, 1.165) is 11.3 Å². The minimum atomic E-state index is -0.554. The average molecular weight is 294 g/mol. The Balaban J connectivity index is 2.22. The zero-order chi connectivity index (χ0) is 14.9. The number of anilines is 1. The number of rotatable bonds is 4. The molecular formula is C13H16ClN5O. The lowest BCUT2D eigenvalue weighted by Crippen LogP contribution is -2.13. The third-order valence-electron chi connectivity index (χ3n) is 3.00. The lowest BCUT2D eigenvalue weighted by molar-refractivity contribution is 0.1000. The molecule has 2 rings (SSSR count). The summed E-state index contributed by atoms with van der Waals surface area (Å²) in [6.45, 7) is 3.93. The number of hydrogen-bond acceptors (Lipinski definition) is 4. The van der Waals surface area contributed by atoms with E-state index in [2.05, 4.69) is 15.4 Å². The van der Waals surface area contributed by atoms with E-state index in [1.165, 1.54) is 12.3 Å². The van der Waals surface area contributed by atoms with E-state index in [1.54, 1.807) is 4.68 Å². The van der Waals surface area contributed by atoms with Crippen LogP contribution in [0, 0.1) is 6.92 Å². The van der Waals surface area contributed by atoms with Gasteiger partial charge in [-0.1, -0.05) is 11.6 Å². The molecule has 0 unspecified atom stereocenters. The first-order valence-electron chi connectivity index (χ1n) is 6.10. The van der Waals surface area contributed by atoms with Crippen LogP contribution in [0.25, 0.3) is 0 Å². The van der Waals surface area contributed by atoms with Crippen LogP contribution in [0.5, 0.6) is 0 Å². The number of hydrogen-bond donors (Lipinski definition) is 2. The number of carbonyl (C=O) groups is 1. The highest BCUT2D eigenvalue weighted by molar-refractivity contribution is 6.33. The van der Waals surface area contributed by atoms with Crippen LogP contribution in [0.15, 0.2) is 18.5 Å². The Kier molecular flexibility index (Phi) is 3.94. The topological polar surface area (TPSA) is 85.8 Å². The van der Waals surface area contributed by atoms with Crippen LogP contribution < -0.4 is 11.1 Å². The molecule has 0 aliphatic heterocycles. The molecule has 6 nitrogen and oxygen atoms in total. The molecule has 0 fully saturated rings. The molecule has 3 N–H and O–H groups in total. The maximum atomic E-state index is 11.0. The molecule has 0 spiro atoms. The first-order valence-corrected chi connectivity index (χ1v) is 6.48. The normalized spacial score (nSPS) is 12.2. The number of nitrogens with one attached hydrogen (secondary N) is 1. The van der Waals surface area contributed by atoms with Crippen molar-refractivity contribution >= 4 is 23.3 Å². The minimum absolute atomic E-state index is 0.00636. The first kappa shape index (κ1) is 14.3. The molecule has 106 valence electrons. The number of aromatic nitrogens is 3. The monoisotopic (exact) mass is 293 g/mol. The van der Waals surface area contributed by atoms with Gasteiger partial charge < -0.3 is 11.1 Å². The number of nitrogens with zero attached hydrogens (tertiary/aromatic N) is 3. The van der Waals surface area contributed by atoms with Crippen molar-refractivity contribution in [2.45, 2.75) is 19.9 Å². The van der Waals surface area contributed by atoms with Crippen LogP contribution >= 0.6 is 11.6 Å². The second kappa shape index (κ2) is 5.50. The minimum Gasteiger partial charge on any atom is -0.366 e. The van der Waals surface area contributed by atoms with Crippen molar-refractivity contribution in [1.82, 2.24) is 14.8 Å². The van der Waals surface area contributed by atoms with Gasteiger partial charge in [0.25, 0.3) is 0 Å². The van der Waals surface area contributed by atoms with Gasteiger partial charge in [0.2, 0.25) is 5.91 Å². The van der Waals surface area contributed by atoms with Gasteiger partial charge in [0, 0.05) is 25.0 Å². The summed E-state index contributed by atoms with van der Waals surface area (Å²) >= 11 is 6.10. The largest absolute Gasteiger partial charge is 0.366 e. The van der Waals surface area contributed by atoms with Gasteiger partial charge in [0.15, 0.2) is 0 Å². The number of aryl methyl sites for hydroxylation is 2. The second-order valence-electron chi connectivity index (χ2n) is 4.63. The highest BCUT2D eigenvalue weighted by Crippen LogP contribution is 2.25. The van der Waals surface area contributed by atoms with Crippen molar-refractivity contribution in [1.29, 1.82) is 0 Å². The van der Waals surface area contributed by atoms with E-state index in [9.17, 15) is 4.79 Å². The number of nitrogens with two attached hydrogens (primary N) is 1. The fourth-order valence-corrected chi connectivity index (χ4v) is 2.23. The summed E-state index contributed by atoms with van der Waals surface area (Å²) in [6, 6.07) is 1.50. The molecule has 7 heteroatoms. The van der Waals surface area contributed by atoms with E-state index in [-0.39, 0.29) is 11.6 Å². The fourth-order valence-electron chi connectivity index (χ4n) is 2.00. The Morgan fingerprint density at radius 3 is 2.75 bits per heavy atom. The number of carbonyl (C=O) groups excluding carboxylic acids is 1. The van der Waals surface area contributed by atoms with Crippen molar-refractivity contribution in [2.75, 3.05) is 5.32 Å². The molecule has 2 aromatic heterocycles. The summed E-state index contributed by atoms with van der Waals surface area (Å²) in [4.78, 5) is 15.2. The molecule has 1 amide bonds. The van der Waals surface area contributed by atoms with Crippen molar-refractivity contribution in [3.8, 4) is 0 Å².